The number of carbonyl (C=O) groups is 2. The highest BCUT2D eigenvalue weighted by Crippen LogP contribution is 2.24. The Morgan fingerprint density at radius 2 is 1.81 bits per heavy atom. The lowest BCUT2D eigenvalue weighted by Crippen LogP contribution is -2.21. The van der Waals surface area contributed by atoms with Gasteiger partial charge in [-0.3, -0.25) is 9.59 Å². The van der Waals surface area contributed by atoms with Crippen LogP contribution in [0.5, 0.6) is 0 Å². The van der Waals surface area contributed by atoms with E-state index in [1.165, 1.54) is 0 Å². The molecule has 1 aromatic carbocycles. The molecule has 0 atom stereocenters. The van der Waals surface area contributed by atoms with Gasteiger partial charge in [0.25, 0.3) is 5.91 Å². The average Bonchev–Trinajstić information content (AvgIpc) is 2.21. The molecule has 0 spiro atoms. The van der Waals surface area contributed by atoms with Crippen molar-refractivity contribution in [2.45, 2.75) is 6.42 Å². The smallest absolute Gasteiger partial charge is 0.310 e. The van der Waals surface area contributed by atoms with Crippen LogP contribution in [-0.2, 0) is 20.7 Å². The summed E-state index contributed by atoms with van der Waals surface area (Å²) in [4.78, 5) is 21.7. The van der Waals surface area contributed by atoms with Crippen molar-refractivity contribution in [3.05, 3.63) is 33.8 Å². The fourth-order valence-corrected chi connectivity index (χ4v) is 1.58. The van der Waals surface area contributed by atoms with Crippen molar-refractivity contribution in [1.29, 1.82) is 0 Å². The molecule has 0 saturated carbocycles. The van der Waals surface area contributed by atoms with Crippen molar-refractivity contribution in [3.8, 4) is 0 Å². The predicted octanol–water partition coefficient (Wildman–Crippen LogP) is 1.56. The minimum Gasteiger partial charge on any atom is -0.455 e. The van der Waals surface area contributed by atoms with E-state index in [1.807, 2.05) is 0 Å². The molecule has 0 unspecified atom stereocenters. The molecule has 6 heteroatoms. The van der Waals surface area contributed by atoms with Gasteiger partial charge in [0.1, 0.15) is 0 Å². The Bertz CT molecular complexity index is 400. The van der Waals surface area contributed by atoms with E-state index in [0.717, 1.165) is 0 Å². The molecule has 2 N–H and O–H groups in total. The fraction of sp³-hybridized carbons (Fsp3) is 0.200. The second kappa shape index (κ2) is 5.72. The van der Waals surface area contributed by atoms with Gasteiger partial charge in [0.2, 0.25) is 0 Å². The first kappa shape index (κ1) is 12.8. The highest BCUT2D eigenvalue weighted by Gasteiger charge is 2.12. The summed E-state index contributed by atoms with van der Waals surface area (Å²) in [6.45, 7) is -0.444. The third-order valence-corrected chi connectivity index (χ3v) is 2.47. The zero-order chi connectivity index (χ0) is 12.1. The van der Waals surface area contributed by atoms with Gasteiger partial charge in [0, 0.05) is 15.6 Å². The summed E-state index contributed by atoms with van der Waals surface area (Å²) in [5.41, 5.74) is 5.30. The van der Waals surface area contributed by atoms with E-state index in [2.05, 4.69) is 4.74 Å². The first-order valence-electron chi connectivity index (χ1n) is 4.37. The van der Waals surface area contributed by atoms with Gasteiger partial charge in [-0.15, -0.1) is 0 Å². The van der Waals surface area contributed by atoms with E-state index >= 15 is 0 Å². The van der Waals surface area contributed by atoms with Gasteiger partial charge in [0.05, 0.1) is 6.42 Å². The minimum atomic E-state index is -0.710. The van der Waals surface area contributed by atoms with Crippen molar-refractivity contribution < 1.29 is 14.3 Å². The number of hydrogen-bond acceptors (Lipinski definition) is 3. The van der Waals surface area contributed by atoms with Gasteiger partial charge in [0.15, 0.2) is 6.61 Å². The summed E-state index contributed by atoms with van der Waals surface area (Å²) < 4.78 is 4.59. The quantitative estimate of drug-likeness (QED) is 0.837. The third-order valence-electron chi connectivity index (χ3n) is 1.76. The van der Waals surface area contributed by atoms with Crippen LogP contribution in [0.3, 0.4) is 0 Å². The van der Waals surface area contributed by atoms with Gasteiger partial charge in [-0.25, -0.2) is 0 Å². The lowest BCUT2D eigenvalue weighted by atomic mass is 10.1. The number of benzene rings is 1. The lowest BCUT2D eigenvalue weighted by Gasteiger charge is -2.06. The molecule has 4 nitrogen and oxygen atoms in total. The topological polar surface area (TPSA) is 69.4 Å². The molecule has 0 aliphatic heterocycles. The molecule has 1 amide bonds. The van der Waals surface area contributed by atoms with E-state index in [9.17, 15) is 9.59 Å². The average molecular weight is 262 g/mol. The fourth-order valence-electron chi connectivity index (χ4n) is 1.05. The molecule has 0 aromatic heterocycles. The highest BCUT2D eigenvalue weighted by atomic mass is 35.5. The molecular formula is C10H9Cl2NO3. The summed E-state index contributed by atoms with van der Waals surface area (Å²) >= 11 is 11.7. The summed E-state index contributed by atoms with van der Waals surface area (Å²) in [6.07, 6.45) is -0.0915. The van der Waals surface area contributed by atoms with Gasteiger partial charge < -0.3 is 10.5 Å². The van der Waals surface area contributed by atoms with Crippen molar-refractivity contribution in [2.75, 3.05) is 6.61 Å². The molecule has 1 rings (SSSR count). The summed E-state index contributed by atoms with van der Waals surface area (Å²) in [5.74, 6) is -1.31. The molecule has 0 heterocycles. The lowest BCUT2D eigenvalue weighted by molar-refractivity contribution is -0.147. The second-order valence-corrected chi connectivity index (χ2v) is 3.82. The molecule has 0 aliphatic rings. The van der Waals surface area contributed by atoms with Crippen LogP contribution < -0.4 is 5.73 Å². The predicted molar refractivity (Wildman–Crippen MR) is 60.3 cm³/mol. The Kier molecular flexibility index (Phi) is 4.58. The van der Waals surface area contributed by atoms with Crippen molar-refractivity contribution in [2.24, 2.45) is 5.73 Å². The van der Waals surface area contributed by atoms with E-state index in [-0.39, 0.29) is 6.42 Å². The largest absolute Gasteiger partial charge is 0.455 e. The maximum Gasteiger partial charge on any atom is 0.310 e. The Balaban J connectivity index is 2.66. The van der Waals surface area contributed by atoms with Crippen LogP contribution in [0.4, 0.5) is 0 Å². The van der Waals surface area contributed by atoms with Crippen LogP contribution in [0.2, 0.25) is 10.0 Å². The molecule has 0 saturated heterocycles. The van der Waals surface area contributed by atoms with E-state index in [4.69, 9.17) is 28.9 Å². The number of nitrogens with two attached hydrogens (primary N) is 1. The van der Waals surface area contributed by atoms with Crippen LogP contribution in [0, 0.1) is 0 Å². The zero-order valence-corrected chi connectivity index (χ0v) is 9.72. The first-order valence-corrected chi connectivity index (χ1v) is 5.13. The van der Waals surface area contributed by atoms with Crippen molar-refractivity contribution in [3.63, 3.8) is 0 Å². The number of ether oxygens (including phenoxy) is 1. The normalized spacial score (nSPS) is 9.88. The molecule has 1 aromatic rings. The number of primary amides is 1. The number of esters is 1. The van der Waals surface area contributed by atoms with Crippen LogP contribution in [0.1, 0.15) is 5.56 Å². The Morgan fingerprint density at radius 3 is 2.31 bits per heavy atom. The van der Waals surface area contributed by atoms with Gasteiger partial charge in [-0.1, -0.05) is 29.3 Å². The molecule has 0 bridgehead atoms. The van der Waals surface area contributed by atoms with Gasteiger partial charge >= 0.3 is 5.97 Å². The third kappa shape index (κ3) is 3.72. The molecule has 86 valence electrons. The number of halogens is 2. The minimum absolute atomic E-state index is 0.0915. The molecular weight excluding hydrogens is 253 g/mol. The van der Waals surface area contributed by atoms with Crippen molar-refractivity contribution in [1.82, 2.24) is 0 Å². The summed E-state index contributed by atoms with van der Waals surface area (Å²) in [6, 6.07) is 4.90. The zero-order valence-electron chi connectivity index (χ0n) is 8.20. The van der Waals surface area contributed by atoms with E-state index in [0.29, 0.717) is 15.6 Å². The SMILES string of the molecule is NC(=O)COC(=O)Cc1c(Cl)cccc1Cl. The Labute approximate surface area is 102 Å². The highest BCUT2D eigenvalue weighted by molar-refractivity contribution is 6.36. The van der Waals surface area contributed by atoms with Crippen LogP contribution in [0.15, 0.2) is 18.2 Å². The maximum absolute atomic E-state index is 11.3. The molecule has 0 radical (unpaired) electrons. The summed E-state index contributed by atoms with van der Waals surface area (Å²) in [7, 11) is 0. The van der Waals surface area contributed by atoms with E-state index < -0.39 is 18.5 Å². The Hall–Kier alpha value is -1.26. The van der Waals surface area contributed by atoms with Crippen LogP contribution >= 0.6 is 23.2 Å². The van der Waals surface area contributed by atoms with Gasteiger partial charge in [-0.2, -0.15) is 0 Å². The first-order chi connectivity index (χ1) is 7.50. The number of amides is 1. The van der Waals surface area contributed by atoms with Crippen LogP contribution in [-0.4, -0.2) is 18.5 Å². The number of rotatable bonds is 4. The second-order valence-electron chi connectivity index (χ2n) is 3.00. The number of hydrogen-bond donors (Lipinski definition) is 1. The monoisotopic (exact) mass is 261 g/mol. The molecule has 0 fully saturated rings. The van der Waals surface area contributed by atoms with Crippen LogP contribution in [0.25, 0.3) is 0 Å². The Morgan fingerprint density at radius 1 is 1.25 bits per heavy atom. The molecule has 0 aliphatic carbocycles. The van der Waals surface area contributed by atoms with Gasteiger partial charge in [-0.05, 0) is 12.1 Å². The maximum atomic E-state index is 11.3. The van der Waals surface area contributed by atoms with E-state index in [1.54, 1.807) is 18.2 Å². The summed E-state index contributed by atoms with van der Waals surface area (Å²) in [5, 5.41) is 0.757. The van der Waals surface area contributed by atoms with Crippen molar-refractivity contribution >= 4 is 35.1 Å². The molecule has 16 heavy (non-hydrogen) atoms. The number of carbonyl (C=O) groups excluding carboxylic acids is 2. The standard InChI is InChI=1S/C10H9Cl2NO3/c11-7-2-1-3-8(12)6(7)4-10(15)16-5-9(13)14/h1-3H,4-5H2,(H2,13,14).